The highest BCUT2D eigenvalue weighted by molar-refractivity contribution is 5.98. The monoisotopic (exact) mass is 367 g/mol. The summed E-state index contributed by atoms with van der Waals surface area (Å²) in [6.07, 6.45) is -0.732. The number of hydrogen-bond donors (Lipinski definition) is 2. The lowest BCUT2D eigenvalue weighted by Crippen LogP contribution is -2.59. The first-order valence-corrected chi connectivity index (χ1v) is 9.31. The van der Waals surface area contributed by atoms with E-state index in [0.29, 0.717) is 5.75 Å². The fraction of sp³-hybridized carbons (Fsp3) is 0.381. The van der Waals surface area contributed by atoms with Crippen molar-refractivity contribution in [1.29, 1.82) is 0 Å². The standard InChI is InChI=1S/C21H25N3O3/c1-23-18-9-5-6-10-19(18)27-14-17(21(23)26)22-20(25)16-12-24(13-16)11-15-7-3-2-4-8-15/h2-10,16-17,20,22,25H,11-14H2,1H3/t17-,20?/m0/s1. The van der Waals surface area contributed by atoms with Crippen LogP contribution in [0.15, 0.2) is 54.6 Å². The Labute approximate surface area is 159 Å². The molecule has 1 amide bonds. The average Bonchev–Trinajstić information content (AvgIpc) is 2.77. The minimum atomic E-state index is -0.732. The molecule has 2 aliphatic heterocycles. The third kappa shape index (κ3) is 3.83. The number of aliphatic hydroxyl groups excluding tert-OH is 1. The van der Waals surface area contributed by atoms with Crippen molar-refractivity contribution in [1.82, 2.24) is 10.2 Å². The molecule has 1 saturated heterocycles. The van der Waals surface area contributed by atoms with Crippen molar-refractivity contribution in [2.75, 3.05) is 31.6 Å². The number of carbonyl (C=O) groups is 1. The van der Waals surface area contributed by atoms with E-state index in [1.165, 1.54) is 5.56 Å². The number of amides is 1. The molecule has 2 aliphatic rings. The van der Waals surface area contributed by atoms with Gasteiger partial charge in [-0.3, -0.25) is 15.0 Å². The van der Waals surface area contributed by atoms with Crippen LogP contribution in [0.2, 0.25) is 0 Å². The number of nitrogens with one attached hydrogen (secondary N) is 1. The van der Waals surface area contributed by atoms with Crippen molar-refractivity contribution in [3.8, 4) is 5.75 Å². The van der Waals surface area contributed by atoms with E-state index in [4.69, 9.17) is 4.74 Å². The summed E-state index contributed by atoms with van der Waals surface area (Å²) in [7, 11) is 1.74. The van der Waals surface area contributed by atoms with Crippen molar-refractivity contribution < 1.29 is 14.6 Å². The molecule has 2 heterocycles. The molecule has 0 aromatic heterocycles. The van der Waals surface area contributed by atoms with Crippen LogP contribution in [0, 0.1) is 5.92 Å². The lowest BCUT2D eigenvalue weighted by atomic mass is 9.96. The van der Waals surface area contributed by atoms with E-state index >= 15 is 0 Å². The number of benzene rings is 2. The van der Waals surface area contributed by atoms with Crippen LogP contribution >= 0.6 is 0 Å². The van der Waals surface area contributed by atoms with Crippen molar-refractivity contribution in [2.45, 2.75) is 18.8 Å². The average molecular weight is 367 g/mol. The van der Waals surface area contributed by atoms with Gasteiger partial charge in [-0.25, -0.2) is 0 Å². The number of rotatable bonds is 5. The number of ether oxygens (including phenoxy) is 1. The Morgan fingerprint density at radius 2 is 1.85 bits per heavy atom. The smallest absolute Gasteiger partial charge is 0.247 e. The molecule has 1 fully saturated rings. The lowest BCUT2D eigenvalue weighted by Gasteiger charge is -2.42. The Balaban J connectivity index is 1.31. The van der Waals surface area contributed by atoms with Gasteiger partial charge in [-0.05, 0) is 17.7 Å². The highest BCUT2D eigenvalue weighted by Gasteiger charge is 2.36. The first-order valence-electron chi connectivity index (χ1n) is 9.31. The summed E-state index contributed by atoms with van der Waals surface area (Å²) < 4.78 is 5.79. The van der Waals surface area contributed by atoms with Gasteiger partial charge in [0.25, 0.3) is 0 Å². The van der Waals surface area contributed by atoms with Gasteiger partial charge in [-0.2, -0.15) is 0 Å². The van der Waals surface area contributed by atoms with E-state index in [1.807, 2.05) is 42.5 Å². The van der Waals surface area contributed by atoms with E-state index < -0.39 is 12.3 Å². The molecular formula is C21H25N3O3. The number of likely N-dealkylation sites (tertiary alicyclic amines) is 1. The molecule has 0 aliphatic carbocycles. The number of likely N-dealkylation sites (N-methyl/N-ethyl adjacent to an activating group) is 1. The zero-order valence-corrected chi connectivity index (χ0v) is 15.4. The lowest BCUT2D eigenvalue weighted by molar-refractivity contribution is -0.123. The summed E-state index contributed by atoms with van der Waals surface area (Å²) in [6.45, 7) is 2.70. The number of fused-ring (bicyclic) bond motifs is 1. The molecule has 6 heteroatoms. The molecule has 4 rings (SSSR count). The van der Waals surface area contributed by atoms with Gasteiger partial charge in [0, 0.05) is 32.6 Å². The van der Waals surface area contributed by atoms with Crippen LogP contribution < -0.4 is 15.0 Å². The van der Waals surface area contributed by atoms with Gasteiger partial charge in [0.1, 0.15) is 24.6 Å². The minimum absolute atomic E-state index is 0.0977. The SMILES string of the molecule is CN1C(=O)[C@@H](NC(O)C2CN(Cc3ccccc3)C2)COc2ccccc21. The van der Waals surface area contributed by atoms with Gasteiger partial charge in [-0.15, -0.1) is 0 Å². The van der Waals surface area contributed by atoms with Crippen LogP contribution in [-0.2, 0) is 11.3 Å². The quantitative estimate of drug-likeness (QED) is 0.783. The largest absolute Gasteiger partial charge is 0.489 e. The third-order valence-electron chi connectivity index (χ3n) is 5.31. The van der Waals surface area contributed by atoms with Gasteiger partial charge < -0.3 is 14.7 Å². The summed E-state index contributed by atoms with van der Waals surface area (Å²) in [6, 6.07) is 17.2. The van der Waals surface area contributed by atoms with Crippen molar-refractivity contribution in [3.05, 3.63) is 60.2 Å². The number of para-hydroxylation sites is 2. The maximum absolute atomic E-state index is 12.7. The van der Waals surface area contributed by atoms with Crippen LogP contribution in [0.4, 0.5) is 5.69 Å². The van der Waals surface area contributed by atoms with Gasteiger partial charge in [-0.1, -0.05) is 42.5 Å². The predicted molar refractivity (Wildman–Crippen MR) is 103 cm³/mol. The minimum Gasteiger partial charge on any atom is -0.489 e. The second-order valence-corrected chi connectivity index (χ2v) is 7.28. The molecule has 2 aromatic carbocycles. The summed E-state index contributed by atoms with van der Waals surface area (Å²) >= 11 is 0. The number of aliphatic hydroxyl groups is 1. The van der Waals surface area contributed by atoms with E-state index in [9.17, 15) is 9.90 Å². The second-order valence-electron chi connectivity index (χ2n) is 7.28. The Morgan fingerprint density at radius 1 is 1.15 bits per heavy atom. The molecule has 1 unspecified atom stereocenters. The molecule has 0 spiro atoms. The number of nitrogens with zero attached hydrogens (tertiary/aromatic N) is 2. The number of carbonyl (C=O) groups excluding carboxylic acids is 1. The molecule has 0 bridgehead atoms. The maximum atomic E-state index is 12.7. The summed E-state index contributed by atoms with van der Waals surface area (Å²) in [5, 5.41) is 13.6. The number of hydrogen-bond acceptors (Lipinski definition) is 5. The van der Waals surface area contributed by atoms with Crippen molar-refractivity contribution in [2.24, 2.45) is 5.92 Å². The van der Waals surface area contributed by atoms with Crippen LogP contribution in [0.25, 0.3) is 0 Å². The highest BCUT2D eigenvalue weighted by atomic mass is 16.5. The normalized spacial score (nSPS) is 21.8. The molecule has 27 heavy (non-hydrogen) atoms. The molecular weight excluding hydrogens is 342 g/mol. The van der Waals surface area contributed by atoms with Gasteiger partial charge in [0.2, 0.25) is 5.91 Å². The molecule has 6 nitrogen and oxygen atoms in total. The van der Waals surface area contributed by atoms with Crippen molar-refractivity contribution >= 4 is 11.6 Å². The van der Waals surface area contributed by atoms with Crippen LogP contribution in [0.1, 0.15) is 5.56 Å². The van der Waals surface area contributed by atoms with E-state index in [2.05, 4.69) is 22.3 Å². The summed E-state index contributed by atoms with van der Waals surface area (Å²) in [5.74, 6) is 0.696. The topological polar surface area (TPSA) is 65.0 Å². The Bertz CT molecular complexity index is 792. The Morgan fingerprint density at radius 3 is 2.63 bits per heavy atom. The van der Waals surface area contributed by atoms with Gasteiger partial charge in [0.15, 0.2) is 0 Å². The predicted octanol–water partition coefficient (Wildman–Crippen LogP) is 1.45. The summed E-state index contributed by atoms with van der Waals surface area (Å²) in [5.41, 5.74) is 2.02. The van der Waals surface area contributed by atoms with E-state index in [0.717, 1.165) is 25.3 Å². The molecule has 0 radical (unpaired) electrons. The second kappa shape index (κ2) is 7.68. The van der Waals surface area contributed by atoms with Gasteiger partial charge in [0.05, 0.1) is 5.69 Å². The maximum Gasteiger partial charge on any atom is 0.247 e. The molecule has 2 atom stereocenters. The molecule has 2 N–H and O–H groups in total. The fourth-order valence-electron chi connectivity index (χ4n) is 3.70. The zero-order chi connectivity index (χ0) is 18.8. The van der Waals surface area contributed by atoms with Crippen LogP contribution in [-0.4, -0.2) is 54.9 Å². The first kappa shape index (κ1) is 18.0. The zero-order valence-electron chi connectivity index (χ0n) is 15.4. The van der Waals surface area contributed by atoms with Crippen LogP contribution in [0.5, 0.6) is 5.75 Å². The Kier molecular flexibility index (Phi) is 5.11. The van der Waals surface area contributed by atoms with E-state index in [1.54, 1.807) is 11.9 Å². The Hall–Kier alpha value is -2.41. The fourth-order valence-corrected chi connectivity index (χ4v) is 3.70. The summed E-state index contributed by atoms with van der Waals surface area (Å²) in [4.78, 5) is 16.6. The molecule has 0 saturated carbocycles. The van der Waals surface area contributed by atoms with E-state index in [-0.39, 0.29) is 18.4 Å². The first-order chi connectivity index (χ1) is 13.1. The third-order valence-corrected chi connectivity index (χ3v) is 5.31. The molecule has 142 valence electrons. The highest BCUT2D eigenvalue weighted by Crippen LogP contribution is 2.30. The number of anilines is 1. The van der Waals surface area contributed by atoms with Crippen molar-refractivity contribution in [3.63, 3.8) is 0 Å². The van der Waals surface area contributed by atoms with Crippen LogP contribution in [0.3, 0.4) is 0 Å². The molecule has 2 aromatic rings. The van der Waals surface area contributed by atoms with Gasteiger partial charge >= 0.3 is 0 Å².